The van der Waals surface area contributed by atoms with Crippen LogP contribution >= 0.6 is 0 Å². The van der Waals surface area contributed by atoms with E-state index in [0.29, 0.717) is 31.9 Å². The lowest BCUT2D eigenvalue weighted by Gasteiger charge is -2.29. The first kappa shape index (κ1) is 18.2. The predicted molar refractivity (Wildman–Crippen MR) is 97.2 cm³/mol. The van der Waals surface area contributed by atoms with E-state index in [9.17, 15) is 14.4 Å². The number of amides is 4. The van der Waals surface area contributed by atoms with Crippen molar-refractivity contribution in [1.29, 1.82) is 0 Å². The van der Waals surface area contributed by atoms with E-state index >= 15 is 0 Å². The maximum Gasteiger partial charge on any atom is 0.323 e. The van der Waals surface area contributed by atoms with Crippen molar-refractivity contribution in [2.75, 3.05) is 31.5 Å². The van der Waals surface area contributed by atoms with E-state index < -0.39 is 12.2 Å². The number of anilines is 1. The van der Waals surface area contributed by atoms with Gasteiger partial charge < -0.3 is 21.3 Å². The van der Waals surface area contributed by atoms with Crippen LogP contribution in [0, 0.1) is 12.8 Å². The van der Waals surface area contributed by atoms with Crippen molar-refractivity contribution in [2.45, 2.75) is 25.9 Å². The summed E-state index contributed by atoms with van der Waals surface area (Å²) in [5.74, 6) is -0.440. The van der Waals surface area contributed by atoms with Crippen LogP contribution in [0.25, 0.3) is 0 Å². The Morgan fingerprint density at radius 3 is 2.58 bits per heavy atom. The number of urea groups is 1. The molecule has 1 saturated carbocycles. The Labute approximate surface area is 152 Å². The SMILES string of the molecule is Cc1cccc(NC(=O)N2CCN(C(=O)C3CC3)C2C(=O)NCCN)c1. The fourth-order valence-electron chi connectivity index (χ4n) is 3.12. The van der Waals surface area contributed by atoms with Gasteiger partial charge in [-0.3, -0.25) is 14.5 Å². The first-order chi connectivity index (χ1) is 12.5. The Kier molecular flexibility index (Phi) is 5.41. The van der Waals surface area contributed by atoms with Gasteiger partial charge in [-0.25, -0.2) is 4.79 Å². The molecule has 3 rings (SSSR count). The Hall–Kier alpha value is -2.61. The third kappa shape index (κ3) is 3.96. The summed E-state index contributed by atoms with van der Waals surface area (Å²) < 4.78 is 0. The Morgan fingerprint density at radius 1 is 1.19 bits per heavy atom. The Morgan fingerprint density at radius 2 is 1.92 bits per heavy atom. The molecule has 8 heteroatoms. The molecule has 0 spiro atoms. The number of nitrogens with one attached hydrogen (secondary N) is 2. The monoisotopic (exact) mass is 359 g/mol. The van der Waals surface area contributed by atoms with Gasteiger partial charge in [-0.1, -0.05) is 12.1 Å². The number of nitrogens with two attached hydrogens (primary N) is 1. The van der Waals surface area contributed by atoms with Crippen LogP contribution in [0.3, 0.4) is 0 Å². The molecule has 1 aliphatic carbocycles. The van der Waals surface area contributed by atoms with E-state index in [1.807, 2.05) is 25.1 Å². The largest absolute Gasteiger partial charge is 0.351 e. The lowest BCUT2D eigenvalue weighted by molar-refractivity contribution is -0.142. The van der Waals surface area contributed by atoms with Crippen molar-refractivity contribution in [3.63, 3.8) is 0 Å². The van der Waals surface area contributed by atoms with Gasteiger partial charge in [-0.05, 0) is 37.5 Å². The number of aryl methyl sites for hydroxylation is 1. The van der Waals surface area contributed by atoms with Crippen LogP contribution in [0.15, 0.2) is 24.3 Å². The second-order valence-corrected chi connectivity index (χ2v) is 6.75. The highest BCUT2D eigenvalue weighted by Gasteiger charge is 2.46. The molecule has 1 atom stereocenters. The summed E-state index contributed by atoms with van der Waals surface area (Å²) in [6.45, 7) is 3.21. The van der Waals surface area contributed by atoms with Gasteiger partial charge in [0, 0.05) is 37.8 Å². The van der Waals surface area contributed by atoms with Crippen molar-refractivity contribution in [3.05, 3.63) is 29.8 Å². The molecule has 2 aliphatic rings. The van der Waals surface area contributed by atoms with E-state index in [2.05, 4.69) is 10.6 Å². The van der Waals surface area contributed by atoms with Crippen LogP contribution in [0.4, 0.5) is 10.5 Å². The first-order valence-electron chi connectivity index (χ1n) is 8.94. The highest BCUT2D eigenvalue weighted by atomic mass is 16.2. The minimum Gasteiger partial charge on any atom is -0.351 e. The zero-order chi connectivity index (χ0) is 18.7. The van der Waals surface area contributed by atoms with Gasteiger partial charge >= 0.3 is 6.03 Å². The molecule has 140 valence electrons. The third-order valence-electron chi connectivity index (χ3n) is 4.59. The van der Waals surface area contributed by atoms with Gasteiger partial charge in [0.2, 0.25) is 5.91 Å². The smallest absolute Gasteiger partial charge is 0.323 e. The quantitative estimate of drug-likeness (QED) is 0.711. The molecule has 2 fully saturated rings. The topological polar surface area (TPSA) is 108 Å². The average molecular weight is 359 g/mol. The molecule has 8 nitrogen and oxygen atoms in total. The number of hydrogen-bond donors (Lipinski definition) is 3. The van der Waals surface area contributed by atoms with E-state index in [0.717, 1.165) is 18.4 Å². The zero-order valence-corrected chi connectivity index (χ0v) is 14.9. The summed E-state index contributed by atoms with van der Waals surface area (Å²) >= 11 is 0. The van der Waals surface area contributed by atoms with E-state index in [1.165, 1.54) is 9.80 Å². The third-order valence-corrected chi connectivity index (χ3v) is 4.59. The van der Waals surface area contributed by atoms with Gasteiger partial charge in [0.1, 0.15) is 0 Å². The van der Waals surface area contributed by atoms with Crippen LogP contribution in [-0.2, 0) is 9.59 Å². The molecule has 26 heavy (non-hydrogen) atoms. The number of nitrogens with zero attached hydrogens (tertiary/aromatic N) is 2. The summed E-state index contributed by atoms with van der Waals surface area (Å²) in [6, 6.07) is 7.03. The van der Waals surface area contributed by atoms with Gasteiger partial charge in [0.05, 0.1) is 0 Å². The van der Waals surface area contributed by atoms with Gasteiger partial charge in [0.15, 0.2) is 6.17 Å². The molecular formula is C18H25N5O3. The molecule has 0 aromatic heterocycles. The lowest BCUT2D eigenvalue weighted by Crippen LogP contribution is -2.55. The van der Waals surface area contributed by atoms with Crippen molar-refractivity contribution < 1.29 is 14.4 Å². The maximum absolute atomic E-state index is 12.7. The van der Waals surface area contributed by atoms with Crippen LogP contribution in [-0.4, -0.2) is 60.0 Å². The summed E-state index contributed by atoms with van der Waals surface area (Å²) in [4.78, 5) is 40.8. The number of rotatable bonds is 5. The highest BCUT2D eigenvalue weighted by molar-refractivity contribution is 5.96. The molecule has 0 radical (unpaired) electrons. The van der Waals surface area contributed by atoms with Crippen molar-refractivity contribution in [1.82, 2.24) is 15.1 Å². The molecule has 1 aromatic rings. The highest BCUT2D eigenvalue weighted by Crippen LogP contribution is 2.33. The average Bonchev–Trinajstić information content (AvgIpc) is 3.37. The Balaban J connectivity index is 1.75. The molecule has 1 heterocycles. The number of carbonyl (C=O) groups excluding carboxylic acids is 3. The predicted octanol–water partition coefficient (Wildman–Crippen LogP) is 0.482. The fourth-order valence-corrected chi connectivity index (χ4v) is 3.12. The minimum absolute atomic E-state index is 0.0143. The van der Waals surface area contributed by atoms with Crippen molar-refractivity contribution in [2.24, 2.45) is 11.7 Å². The number of hydrogen-bond acceptors (Lipinski definition) is 4. The molecule has 0 bridgehead atoms. The first-order valence-corrected chi connectivity index (χ1v) is 8.94. The molecule has 4 N–H and O–H groups in total. The summed E-state index contributed by atoms with van der Waals surface area (Å²) in [7, 11) is 0. The van der Waals surface area contributed by atoms with Crippen LogP contribution in [0.5, 0.6) is 0 Å². The van der Waals surface area contributed by atoms with E-state index in [-0.39, 0.29) is 17.7 Å². The molecule has 4 amide bonds. The standard InChI is InChI=1S/C18H25N5O3/c1-12-3-2-4-14(11-12)21-18(26)23-10-9-22(17(25)13-5-6-13)16(23)15(24)20-8-7-19/h2-4,11,13,16H,5-10,19H2,1H3,(H,20,24)(H,21,26). The second-order valence-electron chi connectivity index (χ2n) is 6.75. The van der Waals surface area contributed by atoms with Crippen molar-refractivity contribution >= 4 is 23.5 Å². The van der Waals surface area contributed by atoms with Crippen LogP contribution in [0.1, 0.15) is 18.4 Å². The number of benzene rings is 1. The molecule has 1 unspecified atom stereocenters. The molecular weight excluding hydrogens is 334 g/mol. The minimum atomic E-state index is -0.931. The summed E-state index contributed by atoms with van der Waals surface area (Å²) in [6.07, 6.45) is 0.767. The molecule has 1 aromatic carbocycles. The zero-order valence-electron chi connectivity index (χ0n) is 14.9. The Bertz CT molecular complexity index is 704. The number of carbonyl (C=O) groups is 3. The van der Waals surface area contributed by atoms with Gasteiger partial charge in [-0.15, -0.1) is 0 Å². The van der Waals surface area contributed by atoms with Gasteiger partial charge in [0.25, 0.3) is 5.91 Å². The van der Waals surface area contributed by atoms with Crippen LogP contribution < -0.4 is 16.4 Å². The lowest BCUT2D eigenvalue weighted by atomic mass is 10.2. The molecule has 1 saturated heterocycles. The molecule has 1 aliphatic heterocycles. The fraction of sp³-hybridized carbons (Fsp3) is 0.500. The maximum atomic E-state index is 12.7. The van der Waals surface area contributed by atoms with Gasteiger partial charge in [-0.2, -0.15) is 0 Å². The normalized spacial score (nSPS) is 19.4. The van der Waals surface area contributed by atoms with Crippen LogP contribution in [0.2, 0.25) is 0 Å². The summed E-state index contributed by atoms with van der Waals surface area (Å²) in [5, 5.41) is 5.51. The second kappa shape index (κ2) is 7.74. The van der Waals surface area contributed by atoms with E-state index in [1.54, 1.807) is 6.07 Å². The van der Waals surface area contributed by atoms with Crippen molar-refractivity contribution in [3.8, 4) is 0 Å². The van der Waals surface area contributed by atoms with E-state index in [4.69, 9.17) is 5.73 Å². The summed E-state index contributed by atoms with van der Waals surface area (Å²) in [5.41, 5.74) is 7.13.